The zero-order chi connectivity index (χ0) is 19.9. The summed E-state index contributed by atoms with van der Waals surface area (Å²) >= 11 is 3.46. The number of amides is 1. The molecule has 0 saturated carbocycles. The molecule has 0 saturated heterocycles. The number of carbonyl (C=O) groups is 1. The number of halogens is 1. The fourth-order valence-electron chi connectivity index (χ4n) is 3.25. The van der Waals surface area contributed by atoms with Crippen molar-refractivity contribution in [3.05, 3.63) is 73.6 Å². The molecule has 0 unspecified atom stereocenters. The molecule has 3 aromatic rings. The second kappa shape index (κ2) is 7.00. The number of nitrogens with zero attached hydrogens (tertiary/aromatic N) is 2. The van der Waals surface area contributed by atoms with Gasteiger partial charge < -0.3 is 11.5 Å². The van der Waals surface area contributed by atoms with E-state index in [1.54, 1.807) is 12.1 Å². The lowest BCUT2D eigenvalue weighted by Gasteiger charge is -2.16. The normalized spacial score (nSPS) is 10.8. The summed E-state index contributed by atoms with van der Waals surface area (Å²) in [6.07, 6.45) is 1.52. The Morgan fingerprint density at radius 1 is 1.04 bits per heavy atom. The molecule has 7 heteroatoms. The minimum absolute atomic E-state index is 0.209. The van der Waals surface area contributed by atoms with Crippen molar-refractivity contribution >= 4 is 38.6 Å². The minimum Gasteiger partial charge on any atom is -0.370 e. The van der Waals surface area contributed by atoms with Crippen molar-refractivity contribution in [2.24, 2.45) is 16.5 Å². The number of guanidine groups is 1. The van der Waals surface area contributed by atoms with Crippen LogP contribution in [-0.2, 0) is 0 Å². The van der Waals surface area contributed by atoms with E-state index in [1.165, 1.54) is 10.8 Å². The predicted octanol–water partition coefficient (Wildman–Crippen LogP) is 3.09. The zero-order valence-corrected chi connectivity index (χ0v) is 16.8. The van der Waals surface area contributed by atoms with Gasteiger partial charge in [-0.2, -0.15) is 4.99 Å². The van der Waals surface area contributed by atoms with Crippen LogP contribution in [0.3, 0.4) is 0 Å². The molecule has 2 aromatic carbocycles. The highest BCUT2D eigenvalue weighted by Crippen LogP contribution is 2.26. The van der Waals surface area contributed by atoms with Gasteiger partial charge in [0.25, 0.3) is 11.5 Å². The standard InChI is InChI=1S/C20H19BrN4O2/c1-10-4-5-14-15(6-10)16(18(26)24-20(22)23)9-25(19(14)27)17-11(2)7-13(21)8-12(17)3/h4-9H,1-3H3,(H4,22,23,24,26). The second-order valence-corrected chi connectivity index (χ2v) is 7.41. The fraction of sp³-hybridized carbons (Fsp3) is 0.150. The number of aryl methyl sites for hydroxylation is 3. The van der Waals surface area contributed by atoms with Gasteiger partial charge in [-0.3, -0.25) is 14.2 Å². The summed E-state index contributed by atoms with van der Waals surface area (Å²) in [5.41, 5.74) is 14.3. The zero-order valence-electron chi connectivity index (χ0n) is 15.2. The van der Waals surface area contributed by atoms with Gasteiger partial charge in [-0.1, -0.05) is 33.6 Å². The van der Waals surface area contributed by atoms with Crippen LogP contribution in [0.2, 0.25) is 0 Å². The number of benzene rings is 2. The van der Waals surface area contributed by atoms with Gasteiger partial charge in [-0.15, -0.1) is 0 Å². The van der Waals surface area contributed by atoms with E-state index < -0.39 is 5.91 Å². The summed E-state index contributed by atoms with van der Waals surface area (Å²) in [5, 5.41) is 0.956. The van der Waals surface area contributed by atoms with E-state index in [9.17, 15) is 9.59 Å². The molecule has 0 aliphatic carbocycles. The Labute approximate surface area is 164 Å². The van der Waals surface area contributed by atoms with Gasteiger partial charge >= 0.3 is 0 Å². The van der Waals surface area contributed by atoms with E-state index in [0.29, 0.717) is 10.8 Å². The minimum atomic E-state index is -0.591. The molecule has 0 aliphatic rings. The van der Waals surface area contributed by atoms with Crippen LogP contribution in [-0.4, -0.2) is 16.4 Å². The topological polar surface area (TPSA) is 103 Å². The molecule has 0 radical (unpaired) electrons. The Morgan fingerprint density at radius 2 is 1.67 bits per heavy atom. The molecule has 6 nitrogen and oxygen atoms in total. The molecule has 0 aliphatic heterocycles. The third-order valence-corrected chi connectivity index (χ3v) is 4.79. The maximum Gasteiger partial charge on any atom is 0.282 e. The van der Waals surface area contributed by atoms with E-state index in [4.69, 9.17) is 11.5 Å². The van der Waals surface area contributed by atoms with Crippen LogP contribution in [0.5, 0.6) is 0 Å². The van der Waals surface area contributed by atoms with E-state index in [-0.39, 0.29) is 17.1 Å². The largest absolute Gasteiger partial charge is 0.370 e. The van der Waals surface area contributed by atoms with Gasteiger partial charge in [-0.05, 0) is 50.1 Å². The molecular weight excluding hydrogens is 408 g/mol. The SMILES string of the molecule is Cc1ccc2c(=O)n(-c3c(C)cc(Br)cc3C)cc(C(=O)N=C(N)N)c2c1. The molecular formula is C20H19BrN4O2. The van der Waals surface area contributed by atoms with Crippen molar-refractivity contribution in [2.75, 3.05) is 0 Å². The highest BCUT2D eigenvalue weighted by atomic mass is 79.9. The summed E-state index contributed by atoms with van der Waals surface area (Å²) < 4.78 is 2.41. The van der Waals surface area contributed by atoms with Crippen molar-refractivity contribution in [3.63, 3.8) is 0 Å². The number of rotatable bonds is 2. The highest BCUT2D eigenvalue weighted by Gasteiger charge is 2.18. The summed E-state index contributed by atoms with van der Waals surface area (Å²) in [7, 11) is 0. The van der Waals surface area contributed by atoms with Crippen LogP contribution in [0.4, 0.5) is 0 Å². The van der Waals surface area contributed by atoms with E-state index in [0.717, 1.165) is 26.9 Å². The summed E-state index contributed by atoms with van der Waals surface area (Å²) in [6, 6.07) is 9.19. The number of fused-ring (bicyclic) bond motifs is 1. The molecule has 4 N–H and O–H groups in total. The van der Waals surface area contributed by atoms with Crippen LogP contribution >= 0.6 is 15.9 Å². The van der Waals surface area contributed by atoms with Gasteiger partial charge in [0.2, 0.25) is 0 Å². The lowest BCUT2D eigenvalue weighted by Crippen LogP contribution is -2.25. The number of carbonyl (C=O) groups excluding carboxylic acids is 1. The van der Waals surface area contributed by atoms with Gasteiger partial charge in [-0.25, -0.2) is 0 Å². The Hall–Kier alpha value is -2.93. The molecule has 1 amide bonds. The second-order valence-electron chi connectivity index (χ2n) is 6.50. The van der Waals surface area contributed by atoms with E-state index >= 15 is 0 Å². The Bertz CT molecular complexity index is 1150. The number of hydrogen-bond acceptors (Lipinski definition) is 2. The van der Waals surface area contributed by atoms with Crippen molar-refractivity contribution in [2.45, 2.75) is 20.8 Å². The van der Waals surface area contributed by atoms with Crippen molar-refractivity contribution in [1.82, 2.24) is 4.57 Å². The van der Waals surface area contributed by atoms with Crippen molar-refractivity contribution < 1.29 is 4.79 Å². The summed E-state index contributed by atoms with van der Waals surface area (Å²) in [5.74, 6) is -0.915. The van der Waals surface area contributed by atoms with Gasteiger partial charge in [0.1, 0.15) is 0 Å². The molecule has 0 bridgehead atoms. The van der Waals surface area contributed by atoms with Crippen LogP contribution in [0.15, 0.2) is 50.8 Å². The van der Waals surface area contributed by atoms with Gasteiger partial charge in [0.05, 0.1) is 11.3 Å². The Morgan fingerprint density at radius 3 is 2.26 bits per heavy atom. The number of pyridine rings is 1. The molecule has 138 valence electrons. The third-order valence-electron chi connectivity index (χ3n) is 4.33. The molecule has 27 heavy (non-hydrogen) atoms. The lowest BCUT2D eigenvalue weighted by molar-refractivity contribution is 0.100. The van der Waals surface area contributed by atoms with Crippen LogP contribution < -0.4 is 17.0 Å². The first kappa shape index (κ1) is 18.8. The fourth-order valence-corrected chi connectivity index (χ4v) is 3.94. The number of aliphatic imine (C=N–C) groups is 1. The van der Waals surface area contributed by atoms with Crippen molar-refractivity contribution in [3.8, 4) is 5.69 Å². The quantitative estimate of drug-likeness (QED) is 0.485. The lowest BCUT2D eigenvalue weighted by atomic mass is 10.0. The van der Waals surface area contributed by atoms with E-state index in [2.05, 4.69) is 20.9 Å². The van der Waals surface area contributed by atoms with E-state index in [1.807, 2.05) is 39.0 Å². The number of hydrogen-bond donors (Lipinski definition) is 2. The number of nitrogens with two attached hydrogens (primary N) is 2. The van der Waals surface area contributed by atoms with Gasteiger partial charge in [0, 0.05) is 21.4 Å². The first-order valence-electron chi connectivity index (χ1n) is 8.26. The first-order valence-corrected chi connectivity index (χ1v) is 9.05. The highest BCUT2D eigenvalue weighted by molar-refractivity contribution is 9.10. The van der Waals surface area contributed by atoms with Crippen LogP contribution in [0.25, 0.3) is 16.5 Å². The molecule has 1 aromatic heterocycles. The Kier molecular flexibility index (Phi) is 4.89. The predicted molar refractivity (Wildman–Crippen MR) is 112 cm³/mol. The average molecular weight is 427 g/mol. The molecule has 0 atom stereocenters. The smallest absolute Gasteiger partial charge is 0.282 e. The molecule has 0 spiro atoms. The molecule has 0 fully saturated rings. The monoisotopic (exact) mass is 426 g/mol. The third kappa shape index (κ3) is 3.50. The average Bonchev–Trinajstić information content (AvgIpc) is 2.55. The van der Waals surface area contributed by atoms with Gasteiger partial charge in [0.15, 0.2) is 5.96 Å². The molecule has 3 rings (SSSR count). The maximum atomic E-state index is 13.2. The Balaban J connectivity index is 2.45. The molecule has 1 heterocycles. The maximum absolute atomic E-state index is 13.2. The van der Waals surface area contributed by atoms with Crippen LogP contribution in [0, 0.1) is 20.8 Å². The number of aromatic nitrogens is 1. The summed E-state index contributed by atoms with van der Waals surface area (Å²) in [4.78, 5) is 29.5. The van der Waals surface area contributed by atoms with Crippen molar-refractivity contribution in [1.29, 1.82) is 0 Å². The van der Waals surface area contributed by atoms with Crippen LogP contribution in [0.1, 0.15) is 27.0 Å². The first-order chi connectivity index (χ1) is 12.7. The summed E-state index contributed by atoms with van der Waals surface area (Å²) in [6.45, 7) is 5.72.